The molecule has 2 aliphatic rings. The van der Waals surface area contributed by atoms with Crippen LogP contribution in [0.4, 0.5) is 0 Å². The van der Waals surface area contributed by atoms with Crippen LogP contribution in [0.2, 0.25) is 19.6 Å². The molecule has 0 aromatic rings. The van der Waals surface area contributed by atoms with Gasteiger partial charge in [0.25, 0.3) is 0 Å². The second-order valence-corrected chi connectivity index (χ2v) is 10.9. The van der Waals surface area contributed by atoms with Crippen molar-refractivity contribution in [2.45, 2.75) is 50.1 Å². The van der Waals surface area contributed by atoms with E-state index in [1.54, 1.807) is 6.08 Å². The third-order valence-electron chi connectivity index (χ3n) is 4.32. The van der Waals surface area contributed by atoms with Crippen molar-refractivity contribution in [2.24, 2.45) is 11.8 Å². The second-order valence-electron chi connectivity index (χ2n) is 6.50. The van der Waals surface area contributed by atoms with Gasteiger partial charge in [-0.3, -0.25) is 0 Å². The van der Waals surface area contributed by atoms with Crippen molar-refractivity contribution in [2.75, 3.05) is 0 Å². The van der Waals surface area contributed by atoms with Gasteiger partial charge >= 0.3 is 0 Å². The van der Waals surface area contributed by atoms with Gasteiger partial charge in [-0.25, -0.2) is 0 Å². The summed E-state index contributed by atoms with van der Waals surface area (Å²) in [6.45, 7) is 14.4. The summed E-state index contributed by atoms with van der Waals surface area (Å²) in [7, 11) is -1.65. The molecule has 2 bridgehead atoms. The summed E-state index contributed by atoms with van der Waals surface area (Å²) >= 11 is 0. The maximum Gasteiger partial charge on any atom is 0.184 e. The number of aliphatic hydroxyl groups is 1. The lowest BCUT2D eigenvalue weighted by molar-refractivity contribution is -0.00704. The zero-order valence-electron chi connectivity index (χ0n) is 11.2. The zero-order valence-corrected chi connectivity index (χ0v) is 12.2. The van der Waals surface area contributed by atoms with Crippen LogP contribution in [0, 0.1) is 11.8 Å². The van der Waals surface area contributed by atoms with Gasteiger partial charge in [0.1, 0.15) is 0 Å². The first-order valence-corrected chi connectivity index (χ1v) is 9.88. The Morgan fingerprint density at radius 2 is 1.88 bits per heavy atom. The SMILES string of the molecule is C=C[C@]1(O[Si](C)(C)C)[C@@H]2CC[C@H]1[C@](O)(C=C)C2. The molecule has 0 aromatic heterocycles. The van der Waals surface area contributed by atoms with Crippen molar-refractivity contribution in [3.05, 3.63) is 25.3 Å². The van der Waals surface area contributed by atoms with E-state index in [-0.39, 0.29) is 11.5 Å². The van der Waals surface area contributed by atoms with Gasteiger partial charge in [0, 0.05) is 5.92 Å². The predicted octanol–water partition coefficient (Wildman–Crippen LogP) is 3.11. The van der Waals surface area contributed by atoms with Gasteiger partial charge in [0.2, 0.25) is 0 Å². The highest BCUT2D eigenvalue weighted by molar-refractivity contribution is 6.69. The molecule has 2 fully saturated rings. The van der Waals surface area contributed by atoms with E-state index < -0.39 is 13.9 Å². The third kappa shape index (κ3) is 1.84. The standard InChI is InChI=1S/C14H24O2Si/c1-6-13(15)10-11-8-9-12(13)14(11,7-2)16-17(3,4)5/h6-7,11-12,15H,1-2,8-10H2,3-5H3/t11-,12+,13+,14+/m1/s1. The second kappa shape index (κ2) is 3.80. The summed E-state index contributed by atoms with van der Waals surface area (Å²) in [4.78, 5) is 0. The van der Waals surface area contributed by atoms with Crippen molar-refractivity contribution < 1.29 is 9.53 Å². The molecule has 0 heterocycles. The van der Waals surface area contributed by atoms with Crippen LogP contribution < -0.4 is 0 Å². The van der Waals surface area contributed by atoms with E-state index >= 15 is 0 Å². The van der Waals surface area contributed by atoms with Crippen LogP contribution in [0.5, 0.6) is 0 Å². The molecule has 2 aliphatic carbocycles. The first-order valence-electron chi connectivity index (χ1n) is 6.47. The molecule has 1 N–H and O–H groups in total. The Morgan fingerprint density at radius 1 is 1.24 bits per heavy atom. The Morgan fingerprint density at radius 3 is 2.29 bits per heavy atom. The van der Waals surface area contributed by atoms with Gasteiger partial charge in [0.15, 0.2) is 8.32 Å². The van der Waals surface area contributed by atoms with Crippen LogP contribution in [0.25, 0.3) is 0 Å². The first kappa shape index (κ1) is 13.1. The predicted molar refractivity (Wildman–Crippen MR) is 73.3 cm³/mol. The fraction of sp³-hybridized carbons (Fsp3) is 0.714. The normalized spacial score (nSPS) is 44.9. The van der Waals surface area contributed by atoms with E-state index in [2.05, 4.69) is 32.8 Å². The molecule has 3 heteroatoms. The van der Waals surface area contributed by atoms with Crippen molar-refractivity contribution in [3.63, 3.8) is 0 Å². The summed E-state index contributed by atoms with van der Waals surface area (Å²) in [5, 5.41) is 10.6. The number of fused-ring (bicyclic) bond motifs is 2. The quantitative estimate of drug-likeness (QED) is 0.615. The molecular weight excluding hydrogens is 228 g/mol. The topological polar surface area (TPSA) is 29.5 Å². The van der Waals surface area contributed by atoms with Gasteiger partial charge in [-0.1, -0.05) is 12.2 Å². The third-order valence-corrected chi connectivity index (χ3v) is 5.28. The van der Waals surface area contributed by atoms with Crippen molar-refractivity contribution >= 4 is 8.32 Å². The molecule has 0 unspecified atom stereocenters. The Bertz CT molecular complexity index is 347. The Labute approximate surface area is 106 Å². The zero-order chi connectivity index (χ0) is 12.9. The lowest BCUT2D eigenvalue weighted by Crippen LogP contribution is -2.47. The van der Waals surface area contributed by atoms with Crippen molar-refractivity contribution in [1.82, 2.24) is 0 Å². The van der Waals surface area contributed by atoms with Gasteiger partial charge < -0.3 is 9.53 Å². The van der Waals surface area contributed by atoms with Crippen LogP contribution in [0.1, 0.15) is 19.3 Å². The fourth-order valence-electron chi connectivity index (χ4n) is 3.80. The molecule has 2 saturated carbocycles. The van der Waals surface area contributed by atoms with Gasteiger partial charge in [-0.05, 0) is 44.8 Å². The van der Waals surface area contributed by atoms with Crippen LogP contribution in [-0.4, -0.2) is 24.6 Å². The summed E-state index contributed by atoms with van der Waals surface area (Å²) < 4.78 is 6.43. The van der Waals surface area contributed by atoms with Crippen molar-refractivity contribution in [3.8, 4) is 0 Å². The minimum Gasteiger partial charge on any atom is -0.408 e. The van der Waals surface area contributed by atoms with E-state index in [0.717, 1.165) is 19.3 Å². The van der Waals surface area contributed by atoms with E-state index in [1.807, 2.05) is 6.08 Å². The molecule has 2 rings (SSSR count). The van der Waals surface area contributed by atoms with E-state index in [0.29, 0.717) is 5.92 Å². The summed E-state index contributed by atoms with van der Waals surface area (Å²) in [5.41, 5.74) is -1.07. The monoisotopic (exact) mass is 252 g/mol. The average Bonchev–Trinajstić information content (AvgIpc) is 2.66. The summed E-state index contributed by atoms with van der Waals surface area (Å²) in [5.74, 6) is 0.543. The summed E-state index contributed by atoms with van der Waals surface area (Å²) in [6.07, 6.45) is 6.59. The highest BCUT2D eigenvalue weighted by Gasteiger charge is 2.64. The largest absolute Gasteiger partial charge is 0.408 e. The number of hydrogen-bond acceptors (Lipinski definition) is 2. The first-order chi connectivity index (χ1) is 7.77. The minimum absolute atomic E-state index is 0.140. The average molecular weight is 252 g/mol. The molecule has 4 atom stereocenters. The Hall–Kier alpha value is -0.383. The van der Waals surface area contributed by atoms with Crippen LogP contribution in [0.3, 0.4) is 0 Å². The maximum atomic E-state index is 10.6. The molecule has 2 nitrogen and oxygen atoms in total. The Balaban J connectivity index is 2.37. The van der Waals surface area contributed by atoms with E-state index in [1.165, 1.54) is 0 Å². The highest BCUT2D eigenvalue weighted by Crippen LogP contribution is 2.60. The molecule has 0 aliphatic heterocycles. The minimum atomic E-state index is -1.65. The van der Waals surface area contributed by atoms with Gasteiger partial charge in [-0.2, -0.15) is 0 Å². The highest BCUT2D eigenvalue weighted by atomic mass is 28.4. The molecule has 0 radical (unpaired) electrons. The number of hydrogen-bond donors (Lipinski definition) is 1. The lowest BCUT2D eigenvalue weighted by atomic mass is 9.82. The molecule has 0 spiro atoms. The molecule has 0 aromatic carbocycles. The fourth-order valence-corrected chi connectivity index (χ4v) is 5.26. The lowest BCUT2D eigenvalue weighted by Gasteiger charge is -2.39. The van der Waals surface area contributed by atoms with Crippen molar-refractivity contribution in [1.29, 1.82) is 0 Å². The Kier molecular flexibility index (Phi) is 2.92. The number of rotatable bonds is 4. The molecule has 96 valence electrons. The summed E-state index contributed by atoms with van der Waals surface area (Å²) in [6, 6.07) is 0. The van der Waals surface area contributed by atoms with Crippen LogP contribution >= 0.6 is 0 Å². The maximum absolute atomic E-state index is 10.6. The molecule has 0 amide bonds. The molecular formula is C14H24O2Si. The van der Waals surface area contributed by atoms with Crippen LogP contribution in [-0.2, 0) is 4.43 Å². The smallest absolute Gasteiger partial charge is 0.184 e. The van der Waals surface area contributed by atoms with Crippen LogP contribution in [0.15, 0.2) is 25.3 Å². The van der Waals surface area contributed by atoms with Gasteiger partial charge in [0.05, 0.1) is 11.2 Å². The molecule has 0 saturated heterocycles. The van der Waals surface area contributed by atoms with E-state index in [9.17, 15) is 5.11 Å². The van der Waals surface area contributed by atoms with E-state index in [4.69, 9.17) is 4.43 Å². The molecule has 17 heavy (non-hydrogen) atoms. The van der Waals surface area contributed by atoms with Gasteiger partial charge in [-0.15, -0.1) is 13.2 Å².